The number of aryl methyl sites for hydroxylation is 1. The molecule has 0 aromatic heterocycles. The summed E-state index contributed by atoms with van der Waals surface area (Å²) in [6.07, 6.45) is 0.711. The molecule has 3 heteroatoms. The Morgan fingerprint density at radius 1 is 1.38 bits per heavy atom. The fourth-order valence-corrected chi connectivity index (χ4v) is 1.32. The van der Waals surface area contributed by atoms with Crippen LogP contribution in [0, 0.1) is 18.8 Å². The van der Waals surface area contributed by atoms with Gasteiger partial charge in [-0.25, -0.2) is 0 Å². The molecule has 0 N–H and O–H groups in total. The molecule has 1 aromatic rings. The van der Waals surface area contributed by atoms with Crippen molar-refractivity contribution in [3.05, 3.63) is 29.3 Å². The lowest BCUT2D eigenvalue weighted by Gasteiger charge is -2.07. The highest BCUT2D eigenvalue weighted by atomic mass is 35.5. The third kappa shape index (κ3) is 4.14. The van der Waals surface area contributed by atoms with Gasteiger partial charge >= 0.3 is 0 Å². The second-order valence-corrected chi connectivity index (χ2v) is 3.65. The van der Waals surface area contributed by atoms with Crippen molar-refractivity contribution in [3.8, 4) is 17.6 Å². The van der Waals surface area contributed by atoms with Gasteiger partial charge in [0.25, 0.3) is 0 Å². The molecule has 0 bridgehead atoms. The number of ether oxygens (including phenoxy) is 2. The monoisotopic (exact) mass is 238 g/mol. The zero-order chi connectivity index (χ0) is 11.8. The minimum absolute atomic E-state index is 0.262. The summed E-state index contributed by atoms with van der Waals surface area (Å²) in [6.45, 7) is 2.25. The lowest BCUT2D eigenvalue weighted by atomic mass is 10.1. The molecule has 0 aliphatic rings. The third-order valence-corrected chi connectivity index (χ3v) is 2.15. The van der Waals surface area contributed by atoms with E-state index in [1.165, 1.54) is 0 Å². The zero-order valence-corrected chi connectivity index (χ0v) is 10.3. The zero-order valence-electron chi connectivity index (χ0n) is 9.55. The fraction of sp³-hybridized carbons (Fsp3) is 0.385. The van der Waals surface area contributed by atoms with Crippen molar-refractivity contribution in [2.24, 2.45) is 0 Å². The van der Waals surface area contributed by atoms with Crippen molar-refractivity contribution in [1.82, 2.24) is 0 Å². The number of hydrogen-bond acceptors (Lipinski definition) is 2. The van der Waals surface area contributed by atoms with Gasteiger partial charge in [0.15, 0.2) is 6.79 Å². The minimum atomic E-state index is 0.262. The predicted molar refractivity (Wildman–Crippen MR) is 65.9 cm³/mol. The van der Waals surface area contributed by atoms with Crippen molar-refractivity contribution >= 4 is 11.6 Å². The van der Waals surface area contributed by atoms with Crippen LogP contribution in [0.2, 0.25) is 0 Å². The summed E-state index contributed by atoms with van der Waals surface area (Å²) in [5.74, 6) is 7.44. The number of hydrogen-bond donors (Lipinski definition) is 0. The van der Waals surface area contributed by atoms with Gasteiger partial charge in [-0.15, -0.1) is 11.6 Å². The Balaban J connectivity index is 2.71. The second-order valence-electron chi connectivity index (χ2n) is 3.27. The molecule has 0 atom stereocenters. The largest absolute Gasteiger partial charge is 0.467 e. The maximum absolute atomic E-state index is 5.55. The summed E-state index contributed by atoms with van der Waals surface area (Å²) in [5, 5.41) is 0. The van der Waals surface area contributed by atoms with E-state index in [0.29, 0.717) is 12.3 Å². The number of benzene rings is 1. The van der Waals surface area contributed by atoms with Crippen LogP contribution in [0.5, 0.6) is 5.75 Å². The van der Waals surface area contributed by atoms with Crippen LogP contribution in [0.3, 0.4) is 0 Å². The summed E-state index contributed by atoms with van der Waals surface area (Å²) in [4.78, 5) is 0. The van der Waals surface area contributed by atoms with Gasteiger partial charge in [-0.1, -0.05) is 11.8 Å². The molecule has 0 saturated carbocycles. The Bertz CT molecular complexity index is 391. The third-order valence-electron chi connectivity index (χ3n) is 1.96. The molecule has 86 valence electrons. The fourth-order valence-electron chi connectivity index (χ4n) is 1.22. The highest BCUT2D eigenvalue weighted by molar-refractivity contribution is 6.18. The molecule has 0 fully saturated rings. The number of alkyl halides is 1. The van der Waals surface area contributed by atoms with E-state index in [2.05, 4.69) is 11.8 Å². The molecular formula is C13H15ClO2. The number of rotatable bonds is 4. The van der Waals surface area contributed by atoms with E-state index in [1.54, 1.807) is 7.11 Å². The SMILES string of the molecule is COCOc1ccc(C#CCCCl)cc1C. The van der Waals surface area contributed by atoms with Crippen LogP contribution in [-0.4, -0.2) is 19.8 Å². The first kappa shape index (κ1) is 12.9. The van der Waals surface area contributed by atoms with Gasteiger partial charge in [-0.2, -0.15) is 0 Å². The van der Waals surface area contributed by atoms with Gasteiger partial charge in [-0.05, 0) is 30.7 Å². The topological polar surface area (TPSA) is 18.5 Å². The van der Waals surface area contributed by atoms with Gasteiger partial charge in [0.05, 0.1) is 0 Å². The molecule has 0 radical (unpaired) electrons. The summed E-state index contributed by atoms with van der Waals surface area (Å²) >= 11 is 5.55. The van der Waals surface area contributed by atoms with Gasteiger partial charge < -0.3 is 9.47 Å². The first-order valence-electron chi connectivity index (χ1n) is 5.05. The van der Waals surface area contributed by atoms with Crippen molar-refractivity contribution in [3.63, 3.8) is 0 Å². The van der Waals surface area contributed by atoms with Crippen LogP contribution in [0.4, 0.5) is 0 Å². The highest BCUT2D eigenvalue weighted by Crippen LogP contribution is 2.18. The highest BCUT2D eigenvalue weighted by Gasteiger charge is 1.99. The Morgan fingerprint density at radius 3 is 2.81 bits per heavy atom. The van der Waals surface area contributed by atoms with E-state index in [0.717, 1.165) is 16.9 Å². The van der Waals surface area contributed by atoms with Crippen LogP contribution >= 0.6 is 11.6 Å². The van der Waals surface area contributed by atoms with Crippen LogP contribution < -0.4 is 4.74 Å². The molecule has 1 aromatic carbocycles. The van der Waals surface area contributed by atoms with Crippen molar-refractivity contribution in [1.29, 1.82) is 0 Å². The van der Waals surface area contributed by atoms with E-state index >= 15 is 0 Å². The summed E-state index contributed by atoms with van der Waals surface area (Å²) in [6, 6.07) is 5.82. The minimum Gasteiger partial charge on any atom is -0.467 e. The van der Waals surface area contributed by atoms with E-state index in [4.69, 9.17) is 21.1 Å². The summed E-state index contributed by atoms with van der Waals surface area (Å²) in [5.41, 5.74) is 2.03. The van der Waals surface area contributed by atoms with E-state index in [9.17, 15) is 0 Å². The van der Waals surface area contributed by atoms with E-state index < -0.39 is 0 Å². The molecule has 0 saturated heterocycles. The second kappa shape index (κ2) is 7.16. The first-order valence-corrected chi connectivity index (χ1v) is 5.58. The van der Waals surface area contributed by atoms with Crippen LogP contribution in [0.15, 0.2) is 18.2 Å². The lowest BCUT2D eigenvalue weighted by molar-refractivity contribution is 0.0506. The summed E-state index contributed by atoms with van der Waals surface area (Å²) in [7, 11) is 1.60. The van der Waals surface area contributed by atoms with Gasteiger partial charge in [0.1, 0.15) is 5.75 Å². The molecule has 0 unspecified atom stereocenters. The van der Waals surface area contributed by atoms with Gasteiger partial charge in [0, 0.05) is 25.0 Å². The molecular weight excluding hydrogens is 224 g/mol. The van der Waals surface area contributed by atoms with Gasteiger partial charge in [0.2, 0.25) is 0 Å². The standard InChI is InChI=1S/C13H15ClO2/c1-11-9-12(5-3-4-8-14)6-7-13(11)16-10-15-2/h6-7,9H,4,8,10H2,1-2H3. The van der Waals surface area contributed by atoms with Crippen molar-refractivity contribution in [2.75, 3.05) is 19.8 Å². The van der Waals surface area contributed by atoms with Crippen LogP contribution in [0.1, 0.15) is 17.5 Å². The molecule has 0 spiro atoms. The molecule has 0 aliphatic carbocycles. The molecule has 0 aliphatic heterocycles. The van der Waals surface area contributed by atoms with Crippen molar-refractivity contribution < 1.29 is 9.47 Å². The quantitative estimate of drug-likeness (QED) is 0.456. The Morgan fingerprint density at radius 2 is 2.19 bits per heavy atom. The van der Waals surface area contributed by atoms with Crippen LogP contribution in [0.25, 0.3) is 0 Å². The Labute approximate surface area is 102 Å². The molecule has 0 amide bonds. The van der Waals surface area contributed by atoms with Gasteiger partial charge in [-0.3, -0.25) is 0 Å². The maximum Gasteiger partial charge on any atom is 0.188 e. The van der Waals surface area contributed by atoms with E-state index in [1.807, 2.05) is 25.1 Å². The first-order chi connectivity index (χ1) is 7.77. The Kier molecular flexibility index (Phi) is 5.77. The number of halogens is 1. The normalized spacial score (nSPS) is 9.44. The molecule has 1 rings (SSSR count). The number of methoxy groups -OCH3 is 1. The van der Waals surface area contributed by atoms with Crippen LogP contribution in [-0.2, 0) is 4.74 Å². The lowest BCUT2D eigenvalue weighted by Crippen LogP contribution is -2.00. The summed E-state index contributed by atoms with van der Waals surface area (Å²) < 4.78 is 10.2. The molecule has 0 heterocycles. The Hall–Kier alpha value is -1.17. The smallest absolute Gasteiger partial charge is 0.188 e. The van der Waals surface area contributed by atoms with Crippen molar-refractivity contribution in [2.45, 2.75) is 13.3 Å². The average molecular weight is 239 g/mol. The molecule has 2 nitrogen and oxygen atoms in total. The molecule has 16 heavy (non-hydrogen) atoms. The predicted octanol–water partition coefficient (Wildman–Crippen LogP) is 2.96. The maximum atomic E-state index is 5.55. The average Bonchev–Trinajstić information content (AvgIpc) is 2.28. The van der Waals surface area contributed by atoms with E-state index in [-0.39, 0.29) is 6.79 Å².